The second-order valence-electron chi connectivity index (χ2n) is 3.59. The number of aliphatic hydroxyl groups is 1. The Bertz CT molecular complexity index is 264. The molecule has 0 fully saturated rings. The average molecular weight is 209 g/mol. The van der Waals surface area contributed by atoms with E-state index in [1.807, 2.05) is 37.3 Å². The lowest BCUT2D eigenvalue weighted by Crippen LogP contribution is -2.38. The fourth-order valence-corrected chi connectivity index (χ4v) is 1.35. The Kier molecular flexibility index (Phi) is 5.32. The minimum atomic E-state index is -0.268. The molecule has 1 aromatic carbocycles. The second-order valence-corrected chi connectivity index (χ2v) is 3.59. The maximum Gasteiger partial charge on any atom is 0.0960 e. The molecule has 0 aliphatic carbocycles. The molecule has 0 aliphatic rings. The van der Waals surface area contributed by atoms with E-state index in [0.717, 1.165) is 12.0 Å². The number of rotatable bonds is 6. The summed E-state index contributed by atoms with van der Waals surface area (Å²) in [4.78, 5) is 0. The molecule has 0 aliphatic heterocycles. The molecule has 0 amide bonds. The van der Waals surface area contributed by atoms with Crippen molar-refractivity contribution < 1.29 is 9.84 Å². The van der Waals surface area contributed by atoms with Crippen molar-refractivity contribution in [3.63, 3.8) is 0 Å². The molecule has 84 valence electrons. The third-order valence-corrected chi connectivity index (χ3v) is 2.44. The van der Waals surface area contributed by atoms with E-state index >= 15 is 0 Å². The smallest absolute Gasteiger partial charge is 0.0960 e. The van der Waals surface area contributed by atoms with Gasteiger partial charge in [0.25, 0.3) is 0 Å². The van der Waals surface area contributed by atoms with Crippen LogP contribution in [0.25, 0.3) is 0 Å². The normalized spacial score (nSPS) is 14.9. The predicted molar refractivity (Wildman–Crippen MR) is 60.4 cm³/mol. The van der Waals surface area contributed by atoms with Crippen LogP contribution in [-0.2, 0) is 11.3 Å². The van der Waals surface area contributed by atoms with E-state index in [2.05, 4.69) is 0 Å². The highest BCUT2D eigenvalue weighted by Gasteiger charge is 2.15. The summed E-state index contributed by atoms with van der Waals surface area (Å²) in [7, 11) is 0. The fourth-order valence-electron chi connectivity index (χ4n) is 1.35. The van der Waals surface area contributed by atoms with Crippen LogP contribution in [-0.4, -0.2) is 23.9 Å². The first-order valence-corrected chi connectivity index (χ1v) is 5.30. The molecule has 0 radical (unpaired) electrons. The van der Waals surface area contributed by atoms with E-state index in [1.54, 1.807) is 0 Å². The van der Waals surface area contributed by atoms with Gasteiger partial charge in [0.1, 0.15) is 0 Å². The molecule has 0 aromatic heterocycles. The highest BCUT2D eigenvalue weighted by Crippen LogP contribution is 2.06. The van der Waals surface area contributed by atoms with Crippen LogP contribution in [0.1, 0.15) is 18.9 Å². The summed E-state index contributed by atoms with van der Waals surface area (Å²) in [6.07, 6.45) is 0.537. The standard InChI is InChI=1S/C12H19NO2/c1-2-11(13)12(8-14)15-9-10-6-4-3-5-7-10/h3-7,11-12,14H,2,8-9,13H2,1H3. The molecule has 0 spiro atoms. The van der Waals surface area contributed by atoms with E-state index in [1.165, 1.54) is 0 Å². The van der Waals surface area contributed by atoms with Gasteiger partial charge >= 0.3 is 0 Å². The molecule has 3 N–H and O–H groups in total. The molecule has 0 bridgehead atoms. The van der Waals surface area contributed by atoms with Crippen LogP contribution < -0.4 is 5.73 Å². The summed E-state index contributed by atoms with van der Waals surface area (Å²) >= 11 is 0. The first-order valence-electron chi connectivity index (χ1n) is 5.30. The lowest BCUT2D eigenvalue weighted by Gasteiger charge is -2.21. The number of hydrogen-bond acceptors (Lipinski definition) is 3. The summed E-state index contributed by atoms with van der Waals surface area (Å²) in [5, 5.41) is 9.10. The van der Waals surface area contributed by atoms with Crippen molar-refractivity contribution in [2.24, 2.45) is 5.73 Å². The van der Waals surface area contributed by atoms with Gasteiger partial charge in [-0.15, -0.1) is 0 Å². The minimum absolute atomic E-state index is 0.0260. The number of aliphatic hydroxyl groups excluding tert-OH is 1. The number of hydrogen-bond donors (Lipinski definition) is 2. The quantitative estimate of drug-likeness (QED) is 0.742. The van der Waals surface area contributed by atoms with Crippen LogP contribution in [0.5, 0.6) is 0 Å². The monoisotopic (exact) mass is 209 g/mol. The topological polar surface area (TPSA) is 55.5 Å². The van der Waals surface area contributed by atoms with E-state index < -0.39 is 0 Å². The summed E-state index contributed by atoms with van der Waals surface area (Å²) < 4.78 is 5.56. The SMILES string of the molecule is CCC(N)C(CO)OCc1ccccc1. The van der Waals surface area contributed by atoms with Gasteiger partial charge in [-0.2, -0.15) is 0 Å². The summed E-state index contributed by atoms with van der Waals surface area (Å²) in [6.45, 7) is 2.46. The van der Waals surface area contributed by atoms with Crippen molar-refractivity contribution in [2.45, 2.75) is 32.1 Å². The maximum atomic E-state index is 9.10. The van der Waals surface area contributed by atoms with Crippen molar-refractivity contribution in [2.75, 3.05) is 6.61 Å². The zero-order valence-electron chi connectivity index (χ0n) is 9.10. The lowest BCUT2D eigenvalue weighted by atomic mass is 10.1. The van der Waals surface area contributed by atoms with E-state index in [9.17, 15) is 0 Å². The van der Waals surface area contributed by atoms with E-state index in [4.69, 9.17) is 15.6 Å². The minimum Gasteiger partial charge on any atom is -0.394 e. The average Bonchev–Trinajstić information content (AvgIpc) is 2.31. The molecule has 0 saturated heterocycles. The Balaban J connectivity index is 2.41. The van der Waals surface area contributed by atoms with Crippen LogP contribution in [0, 0.1) is 0 Å². The first-order chi connectivity index (χ1) is 7.27. The third-order valence-electron chi connectivity index (χ3n) is 2.44. The molecule has 1 rings (SSSR count). The van der Waals surface area contributed by atoms with Gasteiger partial charge in [0, 0.05) is 6.04 Å². The Hall–Kier alpha value is -0.900. The predicted octanol–water partition coefficient (Wildman–Crippen LogP) is 1.30. The number of benzene rings is 1. The van der Waals surface area contributed by atoms with Crippen LogP contribution in [0.15, 0.2) is 30.3 Å². The van der Waals surface area contributed by atoms with Crippen LogP contribution in [0.3, 0.4) is 0 Å². The van der Waals surface area contributed by atoms with Crippen molar-refractivity contribution in [3.05, 3.63) is 35.9 Å². The van der Waals surface area contributed by atoms with Gasteiger partial charge in [-0.25, -0.2) is 0 Å². The number of nitrogens with two attached hydrogens (primary N) is 1. The molecule has 0 heterocycles. The van der Waals surface area contributed by atoms with Gasteiger partial charge in [0.05, 0.1) is 19.3 Å². The highest BCUT2D eigenvalue weighted by molar-refractivity contribution is 5.13. The van der Waals surface area contributed by atoms with Gasteiger partial charge in [-0.05, 0) is 12.0 Å². The van der Waals surface area contributed by atoms with Crippen LogP contribution >= 0.6 is 0 Å². The Morgan fingerprint density at radius 1 is 1.33 bits per heavy atom. The molecule has 0 saturated carbocycles. The zero-order valence-corrected chi connectivity index (χ0v) is 9.10. The fraction of sp³-hybridized carbons (Fsp3) is 0.500. The molecule has 3 nitrogen and oxygen atoms in total. The Labute approximate surface area is 90.9 Å². The largest absolute Gasteiger partial charge is 0.394 e. The Morgan fingerprint density at radius 2 is 2.00 bits per heavy atom. The van der Waals surface area contributed by atoms with Gasteiger partial charge in [-0.3, -0.25) is 0 Å². The van der Waals surface area contributed by atoms with Gasteiger partial charge in [0.2, 0.25) is 0 Å². The summed E-state index contributed by atoms with van der Waals surface area (Å²) in [5.74, 6) is 0. The van der Waals surface area contributed by atoms with Gasteiger partial charge in [0.15, 0.2) is 0 Å². The highest BCUT2D eigenvalue weighted by atomic mass is 16.5. The molecule has 1 aromatic rings. The van der Waals surface area contributed by atoms with E-state index in [-0.39, 0.29) is 18.8 Å². The number of ether oxygens (including phenoxy) is 1. The molecule has 15 heavy (non-hydrogen) atoms. The van der Waals surface area contributed by atoms with Crippen molar-refractivity contribution in [3.8, 4) is 0 Å². The molecule has 2 atom stereocenters. The third kappa shape index (κ3) is 4.00. The maximum absolute atomic E-state index is 9.10. The molecular weight excluding hydrogens is 190 g/mol. The van der Waals surface area contributed by atoms with E-state index in [0.29, 0.717) is 6.61 Å². The van der Waals surface area contributed by atoms with Crippen molar-refractivity contribution in [1.82, 2.24) is 0 Å². The van der Waals surface area contributed by atoms with Crippen molar-refractivity contribution in [1.29, 1.82) is 0 Å². The van der Waals surface area contributed by atoms with Gasteiger partial charge < -0.3 is 15.6 Å². The second kappa shape index (κ2) is 6.56. The van der Waals surface area contributed by atoms with Crippen LogP contribution in [0.2, 0.25) is 0 Å². The summed E-state index contributed by atoms with van der Waals surface area (Å²) in [6, 6.07) is 9.78. The zero-order chi connectivity index (χ0) is 11.1. The lowest BCUT2D eigenvalue weighted by molar-refractivity contribution is -0.0129. The Morgan fingerprint density at radius 3 is 2.53 bits per heavy atom. The van der Waals surface area contributed by atoms with Gasteiger partial charge in [-0.1, -0.05) is 37.3 Å². The molecule has 2 unspecified atom stereocenters. The summed E-state index contributed by atoms with van der Waals surface area (Å²) in [5.41, 5.74) is 6.90. The van der Waals surface area contributed by atoms with Crippen LogP contribution in [0.4, 0.5) is 0 Å². The first kappa shape index (κ1) is 12.2. The molecular formula is C12H19NO2. The van der Waals surface area contributed by atoms with Crippen molar-refractivity contribution >= 4 is 0 Å². The molecule has 3 heteroatoms.